The van der Waals surface area contributed by atoms with Gasteiger partial charge in [0.1, 0.15) is 11.2 Å². The van der Waals surface area contributed by atoms with Crippen molar-refractivity contribution in [1.29, 1.82) is 0 Å². The van der Waals surface area contributed by atoms with E-state index >= 15 is 0 Å². The molecule has 2 N–H and O–H groups in total. The van der Waals surface area contributed by atoms with Crippen LogP contribution in [0.2, 0.25) is 0 Å². The number of benzene rings is 2. The van der Waals surface area contributed by atoms with Crippen LogP contribution in [0.5, 0.6) is 11.5 Å². The number of piperazine rings is 2. The van der Waals surface area contributed by atoms with E-state index in [1.165, 1.54) is 9.80 Å². The van der Waals surface area contributed by atoms with Gasteiger partial charge in [-0.1, -0.05) is 18.2 Å². The Hall–Kier alpha value is -1.67. The zero-order chi connectivity index (χ0) is 38.9. The van der Waals surface area contributed by atoms with Crippen LogP contribution in [0.1, 0.15) is 58.2 Å². The zero-order valence-corrected chi connectivity index (χ0v) is 36.3. The standard InChI is InChI=1S/C17H25FN2O3.C10H19BF3N2O2.C7H6BrFO.K/c1-12-5-6-13(15(21)14(12)18)11-19-7-9-20(10-8-19)16(22)23-17(2,3)4;1-10(2,3)18-9(17)16-6-4-15(5-7-16)8-11(12,13)14;1-4-2-3-5(8)7(10)6(4)9;/h5-6,21H,7-11H2,1-4H3;4-8H2,1-3H3;2-3,10H,1H3;/q;-1;;+1. The fourth-order valence-corrected chi connectivity index (χ4v) is 5.17. The summed E-state index contributed by atoms with van der Waals surface area (Å²) in [5.41, 5.74) is 0.364. The number of phenolic OH excluding ortho intramolecular Hbond substituents is 2. The van der Waals surface area contributed by atoms with Gasteiger partial charge >= 0.3 is 70.5 Å². The third-order valence-electron chi connectivity index (χ3n) is 7.56. The van der Waals surface area contributed by atoms with Gasteiger partial charge in [0, 0.05) is 64.5 Å². The number of phenols is 2. The molecular weight excluding hydrogens is 785 g/mol. The van der Waals surface area contributed by atoms with Crippen molar-refractivity contribution < 1.29 is 102 Å². The molecule has 4 rings (SSSR count). The van der Waals surface area contributed by atoms with Crippen molar-refractivity contribution in [1.82, 2.24) is 19.6 Å². The summed E-state index contributed by atoms with van der Waals surface area (Å²) in [5.74, 6) is -1.72. The summed E-state index contributed by atoms with van der Waals surface area (Å²) in [5, 5.41) is 18.9. The van der Waals surface area contributed by atoms with Gasteiger partial charge in [0.25, 0.3) is 0 Å². The first-order valence-electron chi connectivity index (χ1n) is 16.6. The molecule has 0 bridgehead atoms. The summed E-state index contributed by atoms with van der Waals surface area (Å²) in [7, 11) is 0. The molecule has 0 aromatic heterocycles. The van der Waals surface area contributed by atoms with E-state index in [2.05, 4.69) is 20.8 Å². The average Bonchev–Trinajstić information content (AvgIpc) is 3.01. The summed E-state index contributed by atoms with van der Waals surface area (Å²) in [6, 6.07) is 6.61. The van der Waals surface area contributed by atoms with Crippen LogP contribution >= 0.6 is 15.9 Å². The number of carbonyl (C=O) groups is 2. The Bertz CT molecular complexity index is 1450. The minimum Gasteiger partial charge on any atom is -0.505 e. The van der Waals surface area contributed by atoms with E-state index < -0.39 is 42.4 Å². The van der Waals surface area contributed by atoms with Gasteiger partial charge in [-0.25, -0.2) is 18.4 Å². The second-order valence-electron chi connectivity index (χ2n) is 14.5. The molecule has 0 aliphatic carbocycles. The second-order valence-corrected chi connectivity index (χ2v) is 15.3. The van der Waals surface area contributed by atoms with Crippen molar-refractivity contribution in [3.05, 3.63) is 57.1 Å². The zero-order valence-electron chi connectivity index (χ0n) is 31.5. The molecule has 2 amide bonds. The Morgan fingerprint density at radius 3 is 1.48 bits per heavy atom. The average molecular weight is 836 g/mol. The van der Waals surface area contributed by atoms with Gasteiger partial charge in [-0.05, 0) is 95.0 Å². The van der Waals surface area contributed by atoms with Crippen LogP contribution in [-0.2, 0) is 16.0 Å². The topological polar surface area (TPSA) is 106 Å². The van der Waals surface area contributed by atoms with Gasteiger partial charge in [-0.2, -0.15) is 0 Å². The molecule has 2 aliphatic rings. The van der Waals surface area contributed by atoms with Gasteiger partial charge in [-0.3, -0.25) is 4.90 Å². The smallest absolute Gasteiger partial charge is 0.505 e. The molecule has 18 heteroatoms. The van der Waals surface area contributed by atoms with Crippen molar-refractivity contribution >= 4 is 35.1 Å². The molecule has 0 radical (unpaired) electrons. The first-order valence-corrected chi connectivity index (χ1v) is 17.4. The SMILES string of the molecule is CC(C)(C)OC(=O)N1CCN(C[B-](F)(F)F)CC1.Cc1ccc(Br)c(O)c1F.Cc1ccc(CN2CCN(C(=O)OC(C)(C)C)CC2)c(O)c1F.[K+]. The number of nitrogens with zero attached hydrogens (tertiary/aromatic N) is 4. The van der Waals surface area contributed by atoms with Crippen molar-refractivity contribution in [2.75, 3.05) is 58.8 Å². The van der Waals surface area contributed by atoms with Crippen molar-refractivity contribution in [3.63, 3.8) is 0 Å². The fourth-order valence-electron chi connectivity index (χ4n) is 4.86. The summed E-state index contributed by atoms with van der Waals surface area (Å²) >= 11 is 2.99. The third-order valence-corrected chi connectivity index (χ3v) is 8.20. The van der Waals surface area contributed by atoms with E-state index in [1.54, 1.807) is 63.8 Å². The molecule has 2 fully saturated rings. The second kappa shape index (κ2) is 20.9. The van der Waals surface area contributed by atoms with Crippen LogP contribution in [0, 0.1) is 25.5 Å². The molecule has 10 nitrogen and oxygen atoms in total. The van der Waals surface area contributed by atoms with E-state index in [0.717, 1.165) is 0 Å². The van der Waals surface area contributed by atoms with E-state index in [4.69, 9.17) is 14.6 Å². The minimum atomic E-state index is -4.80. The van der Waals surface area contributed by atoms with Crippen LogP contribution in [0.4, 0.5) is 31.3 Å². The number of aryl methyl sites for hydroxylation is 2. The monoisotopic (exact) mass is 834 g/mol. The number of hydrogen-bond donors (Lipinski definition) is 2. The maximum absolute atomic E-state index is 13.7. The van der Waals surface area contributed by atoms with Crippen molar-refractivity contribution in [2.45, 2.75) is 73.1 Å². The molecule has 52 heavy (non-hydrogen) atoms. The van der Waals surface area contributed by atoms with Crippen LogP contribution in [0.3, 0.4) is 0 Å². The molecular formula is C34H50BBrF5KN4O6. The molecule has 2 aromatic rings. The summed E-state index contributed by atoms with van der Waals surface area (Å²) in [6.07, 6.45) is -1.62. The Balaban J connectivity index is 0.000000415. The van der Waals surface area contributed by atoms with E-state index in [0.29, 0.717) is 53.9 Å². The van der Waals surface area contributed by atoms with Crippen LogP contribution < -0.4 is 51.4 Å². The Morgan fingerprint density at radius 1 is 0.712 bits per heavy atom. The van der Waals surface area contributed by atoms with Gasteiger partial charge in [0.15, 0.2) is 23.1 Å². The molecule has 2 aliphatic heterocycles. The summed E-state index contributed by atoms with van der Waals surface area (Å²) in [4.78, 5) is 30.2. The first kappa shape index (κ1) is 48.4. The predicted molar refractivity (Wildman–Crippen MR) is 190 cm³/mol. The fraction of sp³-hybridized carbons (Fsp3) is 0.588. The Labute approximate surface area is 354 Å². The molecule has 288 valence electrons. The van der Waals surface area contributed by atoms with Gasteiger partial charge < -0.3 is 47.3 Å². The van der Waals surface area contributed by atoms with Gasteiger partial charge in [-0.15, -0.1) is 0 Å². The molecule has 2 saturated heterocycles. The number of rotatable bonds is 4. The minimum absolute atomic E-state index is 0. The van der Waals surface area contributed by atoms with E-state index in [1.807, 2.05) is 20.8 Å². The predicted octanol–water partition coefficient (Wildman–Crippen LogP) is 4.42. The van der Waals surface area contributed by atoms with Crippen molar-refractivity contribution in [3.8, 4) is 11.5 Å². The number of halogens is 6. The number of hydrogen-bond acceptors (Lipinski definition) is 8. The normalized spacial score (nSPS) is 15.7. The van der Waals surface area contributed by atoms with Crippen LogP contribution in [-0.4, -0.2) is 119 Å². The Morgan fingerprint density at radius 2 is 1.10 bits per heavy atom. The Kier molecular flexibility index (Phi) is 19.4. The molecule has 0 saturated carbocycles. The van der Waals surface area contributed by atoms with Crippen LogP contribution in [0.25, 0.3) is 0 Å². The quantitative estimate of drug-likeness (QED) is 0.345. The largest absolute Gasteiger partial charge is 1.00 e. The number of carbonyl (C=O) groups excluding carboxylic acids is 2. The van der Waals surface area contributed by atoms with Gasteiger partial charge in [0.05, 0.1) is 4.47 Å². The maximum Gasteiger partial charge on any atom is 1.00 e. The van der Waals surface area contributed by atoms with Crippen molar-refractivity contribution in [2.24, 2.45) is 0 Å². The molecule has 0 unspecified atom stereocenters. The number of ether oxygens (including phenoxy) is 2. The van der Waals surface area contributed by atoms with Gasteiger partial charge in [0.2, 0.25) is 0 Å². The van der Waals surface area contributed by atoms with Crippen LogP contribution in [0.15, 0.2) is 28.7 Å². The first-order chi connectivity index (χ1) is 23.4. The molecule has 0 atom stereocenters. The number of aromatic hydroxyl groups is 2. The van der Waals surface area contributed by atoms with E-state index in [9.17, 15) is 36.4 Å². The summed E-state index contributed by atoms with van der Waals surface area (Å²) in [6.45, 7) is 13.2. The summed E-state index contributed by atoms with van der Waals surface area (Å²) < 4.78 is 74.1. The molecule has 0 spiro atoms. The van der Waals surface area contributed by atoms with E-state index in [-0.39, 0.29) is 95.2 Å². The number of amides is 2. The molecule has 2 aromatic carbocycles. The third kappa shape index (κ3) is 17.2. The maximum atomic E-state index is 13.7. The molecule has 2 heterocycles.